The minimum absolute atomic E-state index is 0.145. The SMILES string of the molecule is COc1ccc(-c2c(C)n(COCC[Si](C)(C)C)c3cc(-c4ccccc4)nn3c2=O)cc1. The summed E-state index contributed by atoms with van der Waals surface area (Å²) in [6, 6.07) is 20.5. The second-order valence-corrected chi connectivity index (χ2v) is 15.1. The first-order valence-corrected chi connectivity index (χ1v) is 14.9. The van der Waals surface area contributed by atoms with Crippen molar-refractivity contribution in [2.24, 2.45) is 0 Å². The Labute approximate surface area is 195 Å². The number of hydrogen-bond acceptors (Lipinski definition) is 4. The maximum atomic E-state index is 13.6. The van der Waals surface area contributed by atoms with E-state index in [1.807, 2.05) is 72.2 Å². The molecule has 0 fully saturated rings. The van der Waals surface area contributed by atoms with Crippen molar-refractivity contribution in [1.82, 2.24) is 14.2 Å². The van der Waals surface area contributed by atoms with Gasteiger partial charge in [-0.3, -0.25) is 4.79 Å². The molecule has 2 heterocycles. The third-order valence-corrected chi connectivity index (χ3v) is 7.51. The summed E-state index contributed by atoms with van der Waals surface area (Å²) in [4.78, 5) is 13.6. The van der Waals surface area contributed by atoms with Crippen molar-refractivity contribution in [3.8, 4) is 28.1 Å². The average Bonchev–Trinajstić information content (AvgIpc) is 3.24. The van der Waals surface area contributed by atoms with E-state index in [9.17, 15) is 4.79 Å². The molecule has 172 valence electrons. The van der Waals surface area contributed by atoms with Gasteiger partial charge in [-0.15, -0.1) is 0 Å². The molecule has 0 aliphatic rings. The molecule has 0 radical (unpaired) electrons. The van der Waals surface area contributed by atoms with E-state index in [0.717, 1.165) is 40.0 Å². The standard InChI is InChI=1S/C26H31N3O3Si/c1-19-25(21-11-13-22(31-2)14-12-21)26(30)29-24(28(19)18-32-15-16-33(3,4)5)17-23(27-29)20-9-7-6-8-10-20/h6-14,17H,15-16,18H2,1-5H3. The van der Waals surface area contributed by atoms with Crippen LogP contribution in [0.25, 0.3) is 28.0 Å². The minimum Gasteiger partial charge on any atom is -0.497 e. The van der Waals surface area contributed by atoms with E-state index in [1.54, 1.807) is 7.11 Å². The summed E-state index contributed by atoms with van der Waals surface area (Å²) < 4.78 is 14.9. The van der Waals surface area contributed by atoms with Gasteiger partial charge in [0, 0.05) is 32.0 Å². The smallest absolute Gasteiger partial charge is 0.282 e. The lowest BCUT2D eigenvalue weighted by atomic mass is 10.1. The Balaban J connectivity index is 1.84. The van der Waals surface area contributed by atoms with Crippen LogP contribution in [0, 0.1) is 6.92 Å². The molecule has 4 aromatic rings. The second-order valence-electron chi connectivity index (χ2n) is 9.44. The van der Waals surface area contributed by atoms with Crippen LogP contribution in [0.1, 0.15) is 5.69 Å². The zero-order valence-corrected chi connectivity index (χ0v) is 21.0. The van der Waals surface area contributed by atoms with Crippen LogP contribution < -0.4 is 10.3 Å². The highest BCUT2D eigenvalue weighted by Crippen LogP contribution is 2.26. The molecule has 0 unspecified atom stereocenters. The van der Waals surface area contributed by atoms with E-state index in [1.165, 1.54) is 4.52 Å². The average molecular weight is 462 g/mol. The molecule has 0 aliphatic carbocycles. The highest BCUT2D eigenvalue weighted by Gasteiger charge is 2.19. The summed E-state index contributed by atoms with van der Waals surface area (Å²) in [7, 11) is 0.433. The fourth-order valence-corrected chi connectivity index (χ4v) is 4.57. The molecule has 2 aromatic carbocycles. The van der Waals surface area contributed by atoms with E-state index in [2.05, 4.69) is 24.7 Å². The Morgan fingerprint density at radius 2 is 1.67 bits per heavy atom. The monoisotopic (exact) mass is 461 g/mol. The van der Waals surface area contributed by atoms with Crippen molar-refractivity contribution in [3.63, 3.8) is 0 Å². The summed E-state index contributed by atoms with van der Waals surface area (Å²) in [6.07, 6.45) is 0. The van der Waals surface area contributed by atoms with E-state index in [-0.39, 0.29) is 5.56 Å². The summed E-state index contributed by atoms with van der Waals surface area (Å²) >= 11 is 0. The van der Waals surface area contributed by atoms with E-state index in [4.69, 9.17) is 9.47 Å². The van der Waals surface area contributed by atoms with Crippen LogP contribution in [0.4, 0.5) is 0 Å². The van der Waals surface area contributed by atoms with Crippen molar-refractivity contribution in [2.75, 3.05) is 13.7 Å². The number of nitrogens with zero attached hydrogens (tertiary/aromatic N) is 3. The summed E-state index contributed by atoms with van der Waals surface area (Å²) in [5.41, 5.74) is 4.60. The predicted molar refractivity (Wildman–Crippen MR) is 136 cm³/mol. The Bertz CT molecular complexity index is 1300. The molecule has 33 heavy (non-hydrogen) atoms. The van der Waals surface area contributed by atoms with Crippen LogP contribution in [0.3, 0.4) is 0 Å². The van der Waals surface area contributed by atoms with Gasteiger partial charge in [-0.1, -0.05) is 62.1 Å². The van der Waals surface area contributed by atoms with Crippen molar-refractivity contribution in [3.05, 3.63) is 76.7 Å². The zero-order valence-electron chi connectivity index (χ0n) is 20.0. The molecular formula is C26H31N3O3Si. The number of ether oxygens (including phenoxy) is 2. The highest BCUT2D eigenvalue weighted by atomic mass is 28.3. The van der Waals surface area contributed by atoms with Crippen molar-refractivity contribution < 1.29 is 9.47 Å². The van der Waals surface area contributed by atoms with E-state index in [0.29, 0.717) is 18.9 Å². The molecule has 6 nitrogen and oxygen atoms in total. The second kappa shape index (κ2) is 9.37. The van der Waals surface area contributed by atoms with Gasteiger partial charge in [0.15, 0.2) is 0 Å². The van der Waals surface area contributed by atoms with Crippen LogP contribution in [0.2, 0.25) is 25.7 Å². The third kappa shape index (κ3) is 4.94. The van der Waals surface area contributed by atoms with Crippen LogP contribution in [-0.2, 0) is 11.5 Å². The van der Waals surface area contributed by atoms with E-state index < -0.39 is 8.07 Å². The lowest BCUT2D eigenvalue weighted by Crippen LogP contribution is -2.25. The minimum atomic E-state index is -1.20. The van der Waals surface area contributed by atoms with Crippen molar-refractivity contribution in [1.29, 1.82) is 0 Å². The van der Waals surface area contributed by atoms with Crippen LogP contribution >= 0.6 is 0 Å². The van der Waals surface area contributed by atoms with Crippen LogP contribution in [-0.4, -0.2) is 36.0 Å². The van der Waals surface area contributed by atoms with E-state index >= 15 is 0 Å². The fourth-order valence-electron chi connectivity index (χ4n) is 3.82. The topological polar surface area (TPSA) is 57.8 Å². The molecule has 0 saturated heterocycles. The molecular weight excluding hydrogens is 430 g/mol. The number of benzene rings is 2. The van der Waals surface area contributed by atoms with Crippen LogP contribution in [0.5, 0.6) is 5.75 Å². The van der Waals surface area contributed by atoms with Gasteiger partial charge >= 0.3 is 0 Å². The quantitative estimate of drug-likeness (QED) is 0.258. The number of rotatable bonds is 8. The van der Waals surface area contributed by atoms with Gasteiger partial charge in [0.25, 0.3) is 5.56 Å². The van der Waals surface area contributed by atoms with Gasteiger partial charge < -0.3 is 14.0 Å². The maximum absolute atomic E-state index is 13.6. The Morgan fingerprint density at radius 1 is 0.970 bits per heavy atom. The lowest BCUT2D eigenvalue weighted by Gasteiger charge is -2.19. The van der Waals surface area contributed by atoms with Gasteiger partial charge in [-0.2, -0.15) is 9.61 Å². The van der Waals surface area contributed by atoms with Gasteiger partial charge in [0.1, 0.15) is 18.1 Å². The first kappa shape index (κ1) is 23.0. The van der Waals surface area contributed by atoms with Crippen molar-refractivity contribution in [2.45, 2.75) is 39.3 Å². The summed E-state index contributed by atoms with van der Waals surface area (Å²) in [6.45, 7) is 10.0. The predicted octanol–water partition coefficient (Wildman–Crippen LogP) is 5.46. The highest BCUT2D eigenvalue weighted by molar-refractivity contribution is 6.76. The molecule has 0 saturated carbocycles. The molecule has 0 amide bonds. The Morgan fingerprint density at radius 3 is 2.30 bits per heavy atom. The van der Waals surface area contributed by atoms with Gasteiger partial charge in [-0.25, -0.2) is 0 Å². The molecule has 0 N–H and O–H groups in total. The molecule has 0 bridgehead atoms. The van der Waals surface area contributed by atoms with Gasteiger partial charge in [0.05, 0.1) is 18.4 Å². The molecule has 7 heteroatoms. The number of aromatic nitrogens is 3. The normalized spacial score (nSPS) is 11.8. The molecule has 0 aliphatic heterocycles. The summed E-state index contributed by atoms with van der Waals surface area (Å²) in [5.74, 6) is 0.748. The van der Waals surface area contributed by atoms with Crippen LogP contribution in [0.15, 0.2) is 65.5 Å². The van der Waals surface area contributed by atoms with Gasteiger partial charge in [0.2, 0.25) is 0 Å². The fraction of sp³-hybridized carbons (Fsp3) is 0.308. The van der Waals surface area contributed by atoms with Gasteiger partial charge in [-0.05, 0) is 30.7 Å². The Hall–Kier alpha value is -3.16. The molecule has 0 spiro atoms. The largest absolute Gasteiger partial charge is 0.497 e. The number of hydrogen-bond donors (Lipinski definition) is 0. The third-order valence-electron chi connectivity index (χ3n) is 5.81. The first-order chi connectivity index (χ1) is 15.8. The molecule has 4 rings (SSSR count). The first-order valence-electron chi connectivity index (χ1n) is 11.2. The summed E-state index contributed by atoms with van der Waals surface area (Å²) in [5, 5.41) is 4.68. The maximum Gasteiger partial charge on any atom is 0.282 e. The lowest BCUT2D eigenvalue weighted by molar-refractivity contribution is 0.0878. The molecule has 0 atom stereocenters. The number of methoxy groups -OCH3 is 1. The molecule has 2 aromatic heterocycles. The van der Waals surface area contributed by atoms with Crippen molar-refractivity contribution >= 4 is 13.7 Å². The number of fused-ring (bicyclic) bond motifs is 1. The Kier molecular flexibility index (Phi) is 6.53. The zero-order chi connectivity index (χ0) is 23.6.